The summed E-state index contributed by atoms with van der Waals surface area (Å²) in [7, 11) is 0. The van der Waals surface area contributed by atoms with Gasteiger partial charge < -0.3 is 16.0 Å². The maximum Gasteiger partial charge on any atom is 0.222 e. The van der Waals surface area contributed by atoms with Crippen LogP contribution in [0.25, 0.3) is 16.7 Å². The number of benzene rings is 1. The van der Waals surface area contributed by atoms with Gasteiger partial charge >= 0.3 is 0 Å². The van der Waals surface area contributed by atoms with Crippen molar-refractivity contribution < 1.29 is 4.79 Å². The van der Waals surface area contributed by atoms with Gasteiger partial charge in [0.05, 0.1) is 22.8 Å². The number of nitrogens with one attached hydrogen (secondary N) is 1. The molecule has 5 rings (SSSR count). The Labute approximate surface area is 184 Å². The molecule has 0 radical (unpaired) electrons. The maximum absolute atomic E-state index is 11.7. The maximum atomic E-state index is 11.7. The third-order valence-corrected chi connectivity index (χ3v) is 6.11. The number of anilines is 3. The van der Waals surface area contributed by atoms with Crippen LogP contribution < -0.4 is 16.0 Å². The number of nitrogens with zero attached hydrogens (tertiary/aromatic N) is 5. The number of aryl methyl sites for hydroxylation is 1. The first-order valence-electron chi connectivity index (χ1n) is 10.2. The number of pyridine rings is 1. The Morgan fingerprint density at radius 3 is 2.94 bits per heavy atom. The van der Waals surface area contributed by atoms with Crippen LogP contribution in [0.4, 0.5) is 17.3 Å². The van der Waals surface area contributed by atoms with Gasteiger partial charge in [0, 0.05) is 13.1 Å². The molecule has 9 heteroatoms. The first-order valence-corrected chi connectivity index (χ1v) is 10.6. The molecule has 8 nitrogen and oxygen atoms in total. The molecule has 1 aromatic carbocycles. The molecule has 1 saturated heterocycles. The molecule has 1 atom stereocenters. The summed E-state index contributed by atoms with van der Waals surface area (Å²) < 4.78 is 1.91. The van der Waals surface area contributed by atoms with Crippen molar-refractivity contribution in [3.63, 3.8) is 0 Å². The van der Waals surface area contributed by atoms with Crippen LogP contribution in [0.15, 0.2) is 42.9 Å². The molecule has 1 fully saturated rings. The number of carbonyl (C=O) groups is 1. The lowest BCUT2D eigenvalue weighted by Gasteiger charge is -2.32. The standard InChI is InChI=1S/C22H22ClN7O/c1-13-4-2-6-15(23)19(13)28-21-17-10-25-12-30(17)22-16(26-21)7-8-18(27-22)29-9-3-5-14(11-29)20(24)31/h2,4,6-8,10,12,14H,3,5,9,11H2,1H3,(H2,24,31)(H,26,28). The van der Waals surface area contributed by atoms with E-state index in [1.165, 1.54) is 0 Å². The minimum atomic E-state index is -0.255. The largest absolute Gasteiger partial charge is 0.369 e. The Morgan fingerprint density at radius 1 is 1.26 bits per heavy atom. The van der Waals surface area contributed by atoms with Crippen LogP contribution in [0, 0.1) is 12.8 Å². The minimum Gasteiger partial charge on any atom is -0.369 e. The zero-order valence-corrected chi connectivity index (χ0v) is 17.8. The topological polar surface area (TPSA) is 101 Å². The smallest absolute Gasteiger partial charge is 0.222 e. The molecule has 3 N–H and O–H groups in total. The Hall–Kier alpha value is -3.39. The number of aromatic nitrogens is 4. The number of piperidine rings is 1. The van der Waals surface area contributed by atoms with Crippen molar-refractivity contribution in [1.82, 2.24) is 19.4 Å². The molecule has 0 saturated carbocycles. The number of hydrogen-bond acceptors (Lipinski definition) is 6. The molecule has 0 aliphatic carbocycles. The van der Waals surface area contributed by atoms with Crippen LogP contribution in [0.5, 0.6) is 0 Å². The van der Waals surface area contributed by atoms with Crippen LogP contribution in [0.2, 0.25) is 5.02 Å². The molecule has 0 bridgehead atoms. The van der Waals surface area contributed by atoms with Crippen molar-refractivity contribution in [1.29, 1.82) is 0 Å². The van der Waals surface area contributed by atoms with Crippen LogP contribution >= 0.6 is 11.6 Å². The number of carbonyl (C=O) groups excluding carboxylic acids is 1. The van der Waals surface area contributed by atoms with Crippen molar-refractivity contribution in [2.45, 2.75) is 19.8 Å². The van der Waals surface area contributed by atoms with Gasteiger partial charge in [0.2, 0.25) is 5.91 Å². The van der Waals surface area contributed by atoms with E-state index in [0.29, 0.717) is 23.0 Å². The van der Waals surface area contributed by atoms with Gasteiger partial charge in [0.25, 0.3) is 0 Å². The summed E-state index contributed by atoms with van der Waals surface area (Å²) in [6.07, 6.45) is 5.21. The Kier molecular flexibility index (Phi) is 4.86. The third kappa shape index (κ3) is 3.53. The van der Waals surface area contributed by atoms with E-state index >= 15 is 0 Å². The second-order valence-corrected chi connectivity index (χ2v) is 8.27. The quantitative estimate of drug-likeness (QED) is 0.507. The lowest BCUT2D eigenvalue weighted by atomic mass is 9.97. The average Bonchev–Trinajstić information content (AvgIpc) is 3.27. The summed E-state index contributed by atoms with van der Waals surface area (Å²) in [5, 5.41) is 3.99. The average molecular weight is 436 g/mol. The van der Waals surface area contributed by atoms with E-state index in [0.717, 1.165) is 47.5 Å². The van der Waals surface area contributed by atoms with E-state index in [9.17, 15) is 4.79 Å². The van der Waals surface area contributed by atoms with Gasteiger partial charge in [-0.25, -0.2) is 15.0 Å². The van der Waals surface area contributed by atoms with Gasteiger partial charge in [-0.2, -0.15) is 0 Å². The van der Waals surface area contributed by atoms with Crippen molar-refractivity contribution in [3.05, 3.63) is 53.4 Å². The molecular formula is C22H22ClN7O. The van der Waals surface area contributed by atoms with Crippen molar-refractivity contribution in [3.8, 4) is 0 Å². The molecule has 158 valence electrons. The number of para-hydroxylation sites is 1. The van der Waals surface area contributed by atoms with E-state index < -0.39 is 0 Å². The second kappa shape index (κ2) is 7.70. The summed E-state index contributed by atoms with van der Waals surface area (Å²) in [6, 6.07) is 9.63. The summed E-state index contributed by atoms with van der Waals surface area (Å²) in [5.41, 5.74) is 9.60. The zero-order chi connectivity index (χ0) is 21.5. The molecule has 1 unspecified atom stereocenters. The van der Waals surface area contributed by atoms with Crippen molar-refractivity contribution in [2.75, 3.05) is 23.3 Å². The Balaban J connectivity index is 1.57. The summed E-state index contributed by atoms with van der Waals surface area (Å²) in [6.45, 7) is 3.42. The predicted octanol–water partition coefficient (Wildman–Crippen LogP) is 3.68. The van der Waals surface area contributed by atoms with Gasteiger partial charge in [0.1, 0.15) is 23.2 Å². The number of primary amides is 1. The highest BCUT2D eigenvalue weighted by Crippen LogP contribution is 2.31. The zero-order valence-electron chi connectivity index (χ0n) is 17.0. The highest BCUT2D eigenvalue weighted by atomic mass is 35.5. The van der Waals surface area contributed by atoms with Gasteiger partial charge in [-0.05, 0) is 43.5 Å². The molecule has 0 spiro atoms. The first kappa shape index (κ1) is 19.6. The third-order valence-electron chi connectivity index (χ3n) is 5.79. The lowest BCUT2D eigenvalue weighted by Crippen LogP contribution is -2.41. The number of halogens is 1. The van der Waals surface area contributed by atoms with Crippen molar-refractivity contribution in [2.24, 2.45) is 11.7 Å². The molecular weight excluding hydrogens is 414 g/mol. The molecule has 1 aliphatic heterocycles. The van der Waals surface area contributed by atoms with Gasteiger partial charge in [-0.15, -0.1) is 0 Å². The summed E-state index contributed by atoms with van der Waals surface area (Å²) in [4.78, 5) is 27.7. The van der Waals surface area contributed by atoms with E-state index in [-0.39, 0.29) is 11.8 Å². The number of nitrogens with two attached hydrogens (primary N) is 1. The van der Waals surface area contributed by atoms with E-state index in [4.69, 9.17) is 27.3 Å². The second-order valence-electron chi connectivity index (χ2n) is 7.87. The Bertz CT molecular complexity index is 1280. The fraction of sp³-hybridized carbons (Fsp3) is 0.273. The van der Waals surface area contributed by atoms with Crippen LogP contribution in [0.3, 0.4) is 0 Å². The number of rotatable bonds is 4. The van der Waals surface area contributed by atoms with E-state index in [1.54, 1.807) is 12.5 Å². The molecule has 4 heterocycles. The predicted molar refractivity (Wildman–Crippen MR) is 122 cm³/mol. The Morgan fingerprint density at radius 2 is 2.13 bits per heavy atom. The fourth-order valence-electron chi connectivity index (χ4n) is 4.11. The first-order chi connectivity index (χ1) is 15.0. The summed E-state index contributed by atoms with van der Waals surface area (Å²) in [5.74, 6) is 1.05. The molecule has 4 aromatic rings. The van der Waals surface area contributed by atoms with Crippen LogP contribution in [-0.4, -0.2) is 38.3 Å². The van der Waals surface area contributed by atoms with Crippen LogP contribution in [0.1, 0.15) is 18.4 Å². The SMILES string of the molecule is Cc1cccc(Cl)c1Nc1nc2ccc(N3CCCC(C(N)=O)C3)nc2n2cncc12. The highest BCUT2D eigenvalue weighted by molar-refractivity contribution is 6.33. The number of hydrogen-bond donors (Lipinski definition) is 2. The summed E-state index contributed by atoms with van der Waals surface area (Å²) >= 11 is 6.40. The normalized spacial score (nSPS) is 16.7. The van der Waals surface area contributed by atoms with E-state index in [1.807, 2.05) is 41.7 Å². The van der Waals surface area contributed by atoms with Crippen molar-refractivity contribution >= 4 is 51.5 Å². The van der Waals surface area contributed by atoms with Gasteiger partial charge in [-0.3, -0.25) is 9.20 Å². The van der Waals surface area contributed by atoms with E-state index in [2.05, 4.69) is 15.2 Å². The molecule has 1 amide bonds. The number of amides is 1. The number of fused-ring (bicyclic) bond motifs is 3. The lowest BCUT2D eigenvalue weighted by molar-refractivity contribution is -0.122. The van der Waals surface area contributed by atoms with Crippen LogP contribution in [-0.2, 0) is 4.79 Å². The van der Waals surface area contributed by atoms with Gasteiger partial charge in [0.15, 0.2) is 11.5 Å². The molecule has 1 aliphatic rings. The number of imidazole rings is 1. The fourth-order valence-corrected chi connectivity index (χ4v) is 4.38. The minimum absolute atomic E-state index is 0.150. The monoisotopic (exact) mass is 435 g/mol. The highest BCUT2D eigenvalue weighted by Gasteiger charge is 2.25. The molecule has 3 aromatic heterocycles. The molecule has 31 heavy (non-hydrogen) atoms. The van der Waals surface area contributed by atoms with Gasteiger partial charge in [-0.1, -0.05) is 23.7 Å².